The number of Topliss-reactive ketones (excluding diaryl/α,β-unsaturated/α-hetero) is 1. The van der Waals surface area contributed by atoms with Crippen molar-refractivity contribution in [2.75, 3.05) is 11.9 Å². The van der Waals surface area contributed by atoms with Gasteiger partial charge in [-0.2, -0.15) is 0 Å². The zero-order valence-electron chi connectivity index (χ0n) is 13.3. The Kier molecular flexibility index (Phi) is 3.74. The maximum Gasteiger partial charge on any atom is 0.150 e. The number of carbonyl (C=O) groups is 1. The summed E-state index contributed by atoms with van der Waals surface area (Å²) in [7, 11) is 0. The molecule has 0 spiro atoms. The van der Waals surface area contributed by atoms with E-state index in [1.165, 1.54) is 5.56 Å². The highest BCUT2D eigenvalue weighted by atomic mass is 16.1. The first kappa shape index (κ1) is 14.5. The van der Waals surface area contributed by atoms with E-state index in [0.717, 1.165) is 12.4 Å². The van der Waals surface area contributed by atoms with Crippen LogP contribution in [0.5, 0.6) is 0 Å². The zero-order chi connectivity index (χ0) is 15.1. The lowest BCUT2D eigenvalue weighted by Crippen LogP contribution is -2.45. The van der Waals surface area contributed by atoms with Crippen LogP contribution in [-0.2, 0) is 4.79 Å². The summed E-state index contributed by atoms with van der Waals surface area (Å²) in [5, 5.41) is 3.55. The molecule has 3 heterocycles. The molecule has 0 bridgehead atoms. The van der Waals surface area contributed by atoms with Crippen LogP contribution in [-0.4, -0.2) is 34.4 Å². The molecule has 1 fully saturated rings. The fraction of sp³-hybridized carbons (Fsp3) is 0.647. The van der Waals surface area contributed by atoms with Gasteiger partial charge in [-0.3, -0.25) is 9.69 Å². The number of anilines is 1. The second kappa shape index (κ2) is 5.41. The molecule has 1 N–H and O–H groups in total. The third-order valence-electron chi connectivity index (χ3n) is 5.13. The minimum atomic E-state index is 0.0378. The Labute approximate surface area is 126 Å². The average molecular weight is 287 g/mol. The Morgan fingerprint density at radius 3 is 2.81 bits per heavy atom. The number of nitrogens with zero attached hydrogens (tertiary/aromatic N) is 2. The maximum atomic E-state index is 12.6. The van der Waals surface area contributed by atoms with Crippen LogP contribution in [0.15, 0.2) is 18.3 Å². The number of fused-ring (bicyclic) bond motifs is 3. The van der Waals surface area contributed by atoms with Crippen LogP contribution in [0.1, 0.15) is 45.6 Å². The predicted octanol–water partition coefficient (Wildman–Crippen LogP) is 2.87. The van der Waals surface area contributed by atoms with E-state index in [1.54, 1.807) is 0 Å². The molecule has 0 radical (unpaired) electrons. The first-order valence-electron chi connectivity index (χ1n) is 8.10. The largest absolute Gasteiger partial charge is 0.354 e. The zero-order valence-corrected chi connectivity index (χ0v) is 13.3. The van der Waals surface area contributed by atoms with Gasteiger partial charge in [0.1, 0.15) is 11.6 Å². The SMILES string of the molecule is CCC(=O)C1C(C(C)C)C2c3cccnc3NC2N1CC. The first-order chi connectivity index (χ1) is 10.1. The quantitative estimate of drug-likeness (QED) is 0.925. The summed E-state index contributed by atoms with van der Waals surface area (Å²) in [6, 6.07) is 4.21. The van der Waals surface area contributed by atoms with Gasteiger partial charge >= 0.3 is 0 Å². The van der Waals surface area contributed by atoms with Crippen molar-refractivity contribution >= 4 is 11.6 Å². The van der Waals surface area contributed by atoms with E-state index in [-0.39, 0.29) is 12.2 Å². The van der Waals surface area contributed by atoms with Gasteiger partial charge in [-0.1, -0.05) is 33.8 Å². The second-order valence-electron chi connectivity index (χ2n) is 6.47. The monoisotopic (exact) mass is 287 g/mol. The van der Waals surface area contributed by atoms with Gasteiger partial charge < -0.3 is 5.32 Å². The molecule has 2 aliphatic heterocycles. The van der Waals surface area contributed by atoms with Crippen molar-refractivity contribution < 1.29 is 4.79 Å². The summed E-state index contributed by atoms with van der Waals surface area (Å²) in [5.41, 5.74) is 1.28. The molecule has 4 heteroatoms. The lowest BCUT2D eigenvalue weighted by molar-refractivity contribution is -0.124. The number of nitrogens with one attached hydrogen (secondary N) is 1. The highest BCUT2D eigenvalue weighted by molar-refractivity contribution is 5.85. The van der Waals surface area contributed by atoms with E-state index in [1.807, 2.05) is 19.2 Å². The Morgan fingerprint density at radius 2 is 2.19 bits per heavy atom. The molecule has 114 valence electrons. The van der Waals surface area contributed by atoms with Crippen LogP contribution in [0.2, 0.25) is 0 Å². The van der Waals surface area contributed by atoms with E-state index in [0.29, 0.717) is 30.0 Å². The van der Waals surface area contributed by atoms with Crippen LogP contribution in [0.3, 0.4) is 0 Å². The highest BCUT2D eigenvalue weighted by Gasteiger charge is 2.55. The minimum absolute atomic E-state index is 0.0378. The van der Waals surface area contributed by atoms with Gasteiger partial charge in [0.05, 0.1) is 12.2 Å². The number of ketones is 1. The van der Waals surface area contributed by atoms with Crippen LogP contribution < -0.4 is 5.32 Å². The Hall–Kier alpha value is -1.42. The van der Waals surface area contributed by atoms with Crippen LogP contribution in [0.4, 0.5) is 5.82 Å². The lowest BCUT2D eigenvalue weighted by atomic mass is 9.77. The van der Waals surface area contributed by atoms with Gasteiger partial charge in [0.15, 0.2) is 0 Å². The molecule has 4 unspecified atom stereocenters. The molecule has 2 aliphatic rings. The summed E-state index contributed by atoms with van der Waals surface area (Å²) in [5.74, 6) is 2.58. The third-order valence-corrected chi connectivity index (χ3v) is 5.13. The van der Waals surface area contributed by atoms with Gasteiger partial charge in [-0.25, -0.2) is 4.98 Å². The fourth-order valence-corrected chi connectivity index (χ4v) is 4.29. The summed E-state index contributed by atoms with van der Waals surface area (Å²) in [4.78, 5) is 19.4. The molecule has 21 heavy (non-hydrogen) atoms. The first-order valence-corrected chi connectivity index (χ1v) is 8.10. The molecular formula is C17H25N3O. The molecule has 1 aromatic rings. The van der Waals surface area contributed by atoms with Gasteiger partial charge in [-0.05, 0) is 24.4 Å². The number of rotatable bonds is 4. The van der Waals surface area contributed by atoms with E-state index < -0.39 is 0 Å². The summed E-state index contributed by atoms with van der Waals surface area (Å²) in [6.07, 6.45) is 2.67. The molecule has 1 aromatic heterocycles. The van der Waals surface area contributed by atoms with Gasteiger partial charge in [0.2, 0.25) is 0 Å². The molecule has 0 amide bonds. The molecule has 4 atom stereocenters. The molecule has 3 rings (SSSR count). The van der Waals surface area contributed by atoms with E-state index in [4.69, 9.17) is 0 Å². The normalized spacial score (nSPS) is 31.1. The Bertz CT molecular complexity index is 543. The van der Waals surface area contributed by atoms with Gasteiger partial charge in [0, 0.05) is 24.1 Å². The van der Waals surface area contributed by atoms with E-state index in [9.17, 15) is 4.79 Å². The number of likely N-dealkylation sites (tertiary alicyclic amines) is 1. The minimum Gasteiger partial charge on any atom is -0.354 e. The van der Waals surface area contributed by atoms with Crippen molar-refractivity contribution in [3.63, 3.8) is 0 Å². The topological polar surface area (TPSA) is 45.2 Å². The molecular weight excluding hydrogens is 262 g/mol. The molecule has 0 aromatic carbocycles. The van der Waals surface area contributed by atoms with Crippen molar-refractivity contribution in [2.24, 2.45) is 11.8 Å². The van der Waals surface area contributed by atoms with Crippen LogP contribution in [0.25, 0.3) is 0 Å². The van der Waals surface area contributed by atoms with Crippen molar-refractivity contribution in [3.05, 3.63) is 23.9 Å². The predicted molar refractivity (Wildman–Crippen MR) is 84.2 cm³/mol. The number of hydrogen-bond donors (Lipinski definition) is 1. The number of hydrogen-bond acceptors (Lipinski definition) is 4. The van der Waals surface area contributed by atoms with Gasteiger partial charge in [0.25, 0.3) is 0 Å². The van der Waals surface area contributed by atoms with Crippen molar-refractivity contribution in [3.8, 4) is 0 Å². The van der Waals surface area contributed by atoms with Crippen LogP contribution in [0, 0.1) is 11.8 Å². The van der Waals surface area contributed by atoms with Crippen molar-refractivity contribution in [1.82, 2.24) is 9.88 Å². The Balaban J connectivity index is 2.06. The number of carbonyl (C=O) groups excluding carboxylic acids is 1. The maximum absolute atomic E-state index is 12.6. The number of pyridine rings is 1. The third kappa shape index (κ3) is 2.08. The lowest BCUT2D eigenvalue weighted by Gasteiger charge is -2.30. The molecule has 4 nitrogen and oxygen atoms in total. The molecule has 0 aliphatic carbocycles. The number of likely N-dealkylation sites (N-methyl/N-ethyl adjacent to an activating group) is 1. The average Bonchev–Trinajstić information content (AvgIpc) is 2.99. The van der Waals surface area contributed by atoms with E-state index in [2.05, 4.69) is 42.0 Å². The smallest absolute Gasteiger partial charge is 0.150 e. The molecule has 1 saturated heterocycles. The number of aromatic nitrogens is 1. The standard InChI is InChI=1S/C17H25N3O/c1-5-12(21)15-13(10(3)4)14-11-8-7-9-18-16(11)19-17(14)20(15)6-2/h7-10,13-15,17H,5-6H2,1-4H3,(H,18,19). The van der Waals surface area contributed by atoms with Crippen molar-refractivity contribution in [1.29, 1.82) is 0 Å². The summed E-state index contributed by atoms with van der Waals surface area (Å²) in [6.45, 7) is 9.50. The molecule has 0 saturated carbocycles. The highest BCUT2D eigenvalue weighted by Crippen LogP contribution is 2.51. The van der Waals surface area contributed by atoms with Gasteiger partial charge in [-0.15, -0.1) is 0 Å². The summed E-state index contributed by atoms with van der Waals surface area (Å²) >= 11 is 0. The fourth-order valence-electron chi connectivity index (χ4n) is 4.29. The van der Waals surface area contributed by atoms with E-state index >= 15 is 0 Å². The second-order valence-corrected chi connectivity index (χ2v) is 6.47. The van der Waals surface area contributed by atoms with Crippen molar-refractivity contribution in [2.45, 2.75) is 52.2 Å². The Morgan fingerprint density at radius 1 is 1.43 bits per heavy atom. The summed E-state index contributed by atoms with van der Waals surface area (Å²) < 4.78 is 0. The van der Waals surface area contributed by atoms with Crippen LogP contribution >= 0.6 is 0 Å².